The van der Waals surface area contributed by atoms with Gasteiger partial charge in [-0.25, -0.2) is 0 Å². The van der Waals surface area contributed by atoms with Crippen molar-refractivity contribution < 1.29 is 4.74 Å². The van der Waals surface area contributed by atoms with Crippen molar-refractivity contribution in [1.29, 1.82) is 0 Å². The summed E-state index contributed by atoms with van der Waals surface area (Å²) in [6, 6.07) is 12.8. The molecule has 33 heavy (non-hydrogen) atoms. The number of aryl methyl sites for hydroxylation is 1. The van der Waals surface area contributed by atoms with E-state index in [9.17, 15) is 0 Å². The molecule has 2 nitrogen and oxygen atoms in total. The molecule has 1 unspecified atom stereocenters. The SMILES string of the molecule is CCCCCCCCCCCc1ccc(-c2ccc(OCCCCCC(C)CC)cc2)nc1. The Morgan fingerprint density at radius 3 is 2.03 bits per heavy atom. The first kappa shape index (κ1) is 27.4. The molecule has 1 heterocycles. The number of unbranched alkanes of at least 4 members (excludes halogenated alkanes) is 10. The quantitative estimate of drug-likeness (QED) is 0.198. The van der Waals surface area contributed by atoms with Gasteiger partial charge in [-0.05, 0) is 61.1 Å². The standard InChI is InChI=1S/C31H49NO/c1-4-6-7-8-9-10-11-12-15-18-28-19-24-31(32-26-28)29-20-22-30(23-21-29)33-25-16-13-14-17-27(3)5-2/h19-24,26-27H,4-18,25H2,1-3H3. The molecule has 0 amide bonds. The van der Waals surface area contributed by atoms with Crippen LogP contribution in [0.4, 0.5) is 0 Å². The summed E-state index contributed by atoms with van der Waals surface area (Å²) in [6.07, 6.45) is 22.0. The molecule has 2 heteroatoms. The van der Waals surface area contributed by atoms with Crippen molar-refractivity contribution in [2.45, 2.75) is 117 Å². The molecule has 0 saturated heterocycles. The van der Waals surface area contributed by atoms with Crippen molar-refractivity contribution >= 4 is 0 Å². The Hall–Kier alpha value is -1.83. The number of benzene rings is 1. The molecule has 0 spiro atoms. The second-order valence-corrected chi connectivity index (χ2v) is 9.87. The normalized spacial score (nSPS) is 12.1. The lowest BCUT2D eigenvalue weighted by Gasteiger charge is -2.09. The fourth-order valence-electron chi connectivity index (χ4n) is 4.27. The van der Waals surface area contributed by atoms with Crippen LogP contribution in [0.5, 0.6) is 5.75 Å². The van der Waals surface area contributed by atoms with Gasteiger partial charge >= 0.3 is 0 Å². The average Bonchev–Trinajstić information content (AvgIpc) is 2.85. The van der Waals surface area contributed by atoms with Crippen molar-refractivity contribution in [3.63, 3.8) is 0 Å². The third kappa shape index (κ3) is 12.3. The van der Waals surface area contributed by atoms with E-state index in [0.717, 1.165) is 42.4 Å². The van der Waals surface area contributed by atoms with Crippen LogP contribution in [-0.4, -0.2) is 11.6 Å². The molecule has 0 aliphatic rings. The first-order chi connectivity index (χ1) is 16.2. The van der Waals surface area contributed by atoms with Crippen LogP contribution in [0.2, 0.25) is 0 Å². The van der Waals surface area contributed by atoms with Gasteiger partial charge in [0.1, 0.15) is 5.75 Å². The number of hydrogen-bond acceptors (Lipinski definition) is 2. The molecule has 0 N–H and O–H groups in total. The maximum Gasteiger partial charge on any atom is 0.119 e. The van der Waals surface area contributed by atoms with E-state index >= 15 is 0 Å². The molecule has 184 valence electrons. The Morgan fingerprint density at radius 1 is 0.727 bits per heavy atom. The second-order valence-electron chi connectivity index (χ2n) is 9.87. The molecule has 0 radical (unpaired) electrons. The maximum atomic E-state index is 5.93. The lowest BCUT2D eigenvalue weighted by molar-refractivity contribution is 0.302. The Morgan fingerprint density at radius 2 is 1.39 bits per heavy atom. The largest absolute Gasteiger partial charge is 0.494 e. The third-order valence-corrected chi connectivity index (χ3v) is 6.85. The molecule has 0 fully saturated rings. The molecule has 0 bridgehead atoms. The number of pyridine rings is 1. The van der Waals surface area contributed by atoms with Crippen LogP contribution in [-0.2, 0) is 6.42 Å². The Balaban J connectivity index is 1.60. The van der Waals surface area contributed by atoms with Gasteiger partial charge in [0.2, 0.25) is 0 Å². The molecule has 0 saturated carbocycles. The number of rotatable bonds is 19. The Bertz CT molecular complexity index is 707. The first-order valence-corrected chi connectivity index (χ1v) is 13.9. The lowest BCUT2D eigenvalue weighted by atomic mass is 10.0. The monoisotopic (exact) mass is 451 g/mol. The van der Waals surface area contributed by atoms with E-state index in [2.05, 4.69) is 63.4 Å². The molecule has 2 rings (SSSR count). The van der Waals surface area contributed by atoms with Crippen LogP contribution in [0.1, 0.15) is 116 Å². The third-order valence-electron chi connectivity index (χ3n) is 6.85. The van der Waals surface area contributed by atoms with Crippen molar-refractivity contribution in [3.8, 4) is 17.0 Å². The van der Waals surface area contributed by atoms with Crippen LogP contribution in [0.25, 0.3) is 11.3 Å². The number of ether oxygens (including phenoxy) is 1. The smallest absolute Gasteiger partial charge is 0.119 e. The zero-order valence-electron chi connectivity index (χ0n) is 21.8. The molecule has 1 aromatic carbocycles. The summed E-state index contributed by atoms with van der Waals surface area (Å²) in [5.41, 5.74) is 3.56. The molecule has 0 aliphatic carbocycles. The van der Waals surface area contributed by atoms with Crippen LogP contribution in [0.15, 0.2) is 42.6 Å². The van der Waals surface area contributed by atoms with Gasteiger partial charge in [-0.1, -0.05) is 104 Å². The van der Waals surface area contributed by atoms with E-state index in [-0.39, 0.29) is 0 Å². The van der Waals surface area contributed by atoms with Gasteiger partial charge in [0.15, 0.2) is 0 Å². The van der Waals surface area contributed by atoms with Gasteiger partial charge in [-0.15, -0.1) is 0 Å². The van der Waals surface area contributed by atoms with Gasteiger partial charge in [-0.3, -0.25) is 4.98 Å². The van der Waals surface area contributed by atoms with Crippen LogP contribution in [0.3, 0.4) is 0 Å². The summed E-state index contributed by atoms with van der Waals surface area (Å²) >= 11 is 0. The molecule has 2 aromatic rings. The second kappa shape index (κ2) is 17.6. The van der Waals surface area contributed by atoms with E-state index < -0.39 is 0 Å². The number of aromatic nitrogens is 1. The highest BCUT2D eigenvalue weighted by Gasteiger charge is 2.03. The summed E-state index contributed by atoms with van der Waals surface area (Å²) in [5.74, 6) is 1.82. The van der Waals surface area contributed by atoms with E-state index in [1.165, 1.54) is 89.0 Å². The topological polar surface area (TPSA) is 22.1 Å². The summed E-state index contributed by atoms with van der Waals surface area (Å²) in [7, 11) is 0. The fraction of sp³-hybridized carbons (Fsp3) is 0.645. The minimum absolute atomic E-state index is 0.811. The highest BCUT2D eigenvalue weighted by molar-refractivity contribution is 5.60. The maximum absolute atomic E-state index is 5.93. The van der Waals surface area contributed by atoms with Gasteiger partial charge in [-0.2, -0.15) is 0 Å². The van der Waals surface area contributed by atoms with Gasteiger partial charge < -0.3 is 4.74 Å². The zero-order chi connectivity index (χ0) is 23.6. The summed E-state index contributed by atoms with van der Waals surface area (Å²) < 4.78 is 5.93. The van der Waals surface area contributed by atoms with Crippen molar-refractivity contribution in [2.75, 3.05) is 6.61 Å². The highest BCUT2D eigenvalue weighted by Crippen LogP contribution is 2.22. The van der Waals surface area contributed by atoms with Gasteiger partial charge in [0, 0.05) is 11.8 Å². The van der Waals surface area contributed by atoms with Gasteiger partial charge in [0.05, 0.1) is 12.3 Å². The van der Waals surface area contributed by atoms with E-state index in [4.69, 9.17) is 9.72 Å². The fourth-order valence-corrected chi connectivity index (χ4v) is 4.27. The number of hydrogen-bond donors (Lipinski definition) is 0. The van der Waals surface area contributed by atoms with E-state index in [1.54, 1.807) is 0 Å². The van der Waals surface area contributed by atoms with Crippen LogP contribution < -0.4 is 4.74 Å². The summed E-state index contributed by atoms with van der Waals surface area (Å²) in [4.78, 5) is 4.71. The van der Waals surface area contributed by atoms with E-state index in [0.29, 0.717) is 0 Å². The average molecular weight is 452 g/mol. The van der Waals surface area contributed by atoms with Crippen molar-refractivity contribution in [3.05, 3.63) is 48.2 Å². The lowest BCUT2D eigenvalue weighted by Crippen LogP contribution is -1.98. The summed E-state index contributed by atoms with van der Waals surface area (Å²) in [5, 5.41) is 0. The van der Waals surface area contributed by atoms with Crippen molar-refractivity contribution in [1.82, 2.24) is 4.98 Å². The Kier molecular flexibility index (Phi) is 14.6. The van der Waals surface area contributed by atoms with Gasteiger partial charge in [0.25, 0.3) is 0 Å². The minimum atomic E-state index is 0.811. The van der Waals surface area contributed by atoms with Crippen LogP contribution >= 0.6 is 0 Å². The number of nitrogens with zero attached hydrogens (tertiary/aromatic N) is 1. The predicted molar refractivity (Wildman–Crippen MR) is 144 cm³/mol. The highest BCUT2D eigenvalue weighted by atomic mass is 16.5. The van der Waals surface area contributed by atoms with E-state index in [1.807, 2.05) is 0 Å². The molecule has 1 atom stereocenters. The van der Waals surface area contributed by atoms with Crippen molar-refractivity contribution in [2.24, 2.45) is 5.92 Å². The molecular formula is C31H49NO. The zero-order valence-corrected chi connectivity index (χ0v) is 21.8. The molecular weight excluding hydrogens is 402 g/mol. The Labute approximate surface area is 204 Å². The minimum Gasteiger partial charge on any atom is -0.494 e. The predicted octanol–water partition coefficient (Wildman–Crippen LogP) is 9.81. The van der Waals surface area contributed by atoms with Crippen LogP contribution in [0, 0.1) is 5.92 Å². The molecule has 0 aliphatic heterocycles. The first-order valence-electron chi connectivity index (χ1n) is 13.9. The molecule has 1 aromatic heterocycles. The summed E-state index contributed by atoms with van der Waals surface area (Å²) in [6.45, 7) is 7.72.